The van der Waals surface area contributed by atoms with Crippen molar-refractivity contribution in [3.05, 3.63) is 119 Å². The molecule has 0 saturated carbocycles. The van der Waals surface area contributed by atoms with Gasteiger partial charge in [0.05, 0.1) is 11.7 Å². The summed E-state index contributed by atoms with van der Waals surface area (Å²) in [6, 6.07) is 6.82. The van der Waals surface area contributed by atoms with E-state index in [0.717, 1.165) is 11.0 Å². The van der Waals surface area contributed by atoms with Gasteiger partial charge in [-0.15, -0.1) is 0 Å². The minimum Gasteiger partial charge on any atom is -0.464 e. The second kappa shape index (κ2) is 9.26. The third kappa shape index (κ3) is 3.37. The van der Waals surface area contributed by atoms with Crippen LogP contribution in [0.25, 0.3) is 33.2 Å². The fraction of sp³-hybridized carbons (Fsp3) is 0.317. The average molecular weight is 583 g/mol. The number of benzene rings is 4. The highest BCUT2D eigenvalue weighted by atomic mass is 32.2. The van der Waals surface area contributed by atoms with Gasteiger partial charge in [-0.25, -0.2) is 0 Å². The number of furan rings is 1. The summed E-state index contributed by atoms with van der Waals surface area (Å²) in [7, 11) is 0. The van der Waals surface area contributed by atoms with Crippen LogP contribution < -0.4 is 0 Å². The molecular weight excluding hydrogens is 541 g/mol. The van der Waals surface area contributed by atoms with E-state index in [2.05, 4.69) is 113 Å². The van der Waals surface area contributed by atoms with Crippen LogP contribution in [-0.4, -0.2) is 0 Å². The van der Waals surface area contributed by atoms with E-state index in [1.54, 1.807) is 0 Å². The molecule has 5 aromatic rings. The Morgan fingerprint density at radius 3 is 1.44 bits per heavy atom. The van der Waals surface area contributed by atoms with Gasteiger partial charge in [0.15, 0.2) is 0 Å². The Hall–Kier alpha value is -3.49. The van der Waals surface area contributed by atoms with Crippen LogP contribution in [0.15, 0.2) is 45.3 Å². The Morgan fingerprint density at radius 2 is 0.953 bits per heavy atom. The van der Waals surface area contributed by atoms with E-state index in [1.807, 2.05) is 18.0 Å². The highest BCUT2D eigenvalue weighted by molar-refractivity contribution is 8.02. The molecular formula is C41H42OS. The average Bonchev–Trinajstić information content (AvgIpc) is 3.41. The zero-order valence-electron chi connectivity index (χ0n) is 27.8. The highest BCUT2D eigenvalue weighted by Gasteiger charge is 2.48. The number of hydrogen-bond acceptors (Lipinski definition) is 2. The van der Waals surface area contributed by atoms with E-state index < -0.39 is 5.41 Å². The molecule has 1 spiro atoms. The minimum atomic E-state index is -0.461. The molecule has 0 saturated heterocycles. The third-order valence-electron chi connectivity index (χ3n) is 11.8. The summed E-state index contributed by atoms with van der Waals surface area (Å²) in [5.74, 6) is 0. The van der Waals surface area contributed by atoms with E-state index in [4.69, 9.17) is 4.42 Å². The van der Waals surface area contributed by atoms with Gasteiger partial charge in [0.1, 0.15) is 5.58 Å². The normalized spacial score (nSPS) is 14.5. The van der Waals surface area contributed by atoms with Crippen molar-refractivity contribution < 1.29 is 4.42 Å². The number of allylic oxidation sites excluding steroid dienone is 1. The summed E-state index contributed by atoms with van der Waals surface area (Å²) in [6.45, 7) is 28.2. The van der Waals surface area contributed by atoms with E-state index in [1.165, 1.54) is 111 Å². The molecule has 0 bridgehead atoms. The molecule has 2 heteroatoms. The standard InChI is InChI=1S/C41H42OS/c1-19-20(2)26(8)36-35(25(19)7)37-27(9)21(3)23(5)29(11)39(37)41(40-30(12)24(6)22(4)28(10)38(36)40)14-16-43-34-18-33-31(13-15-42-33)17-32(34)41/h13-18H,1-12H3. The summed E-state index contributed by atoms with van der Waals surface area (Å²) < 4.78 is 5.95. The zero-order chi connectivity index (χ0) is 30.9. The minimum absolute atomic E-state index is 0.461. The maximum atomic E-state index is 5.95. The van der Waals surface area contributed by atoms with E-state index in [-0.39, 0.29) is 0 Å². The molecule has 2 heterocycles. The zero-order valence-corrected chi connectivity index (χ0v) is 28.6. The first-order valence-electron chi connectivity index (χ1n) is 15.5. The molecule has 0 fully saturated rings. The predicted molar refractivity (Wildman–Crippen MR) is 185 cm³/mol. The molecule has 0 radical (unpaired) electrons. The van der Waals surface area contributed by atoms with Crippen LogP contribution in [0.2, 0.25) is 0 Å². The van der Waals surface area contributed by atoms with Crippen molar-refractivity contribution >= 4 is 22.7 Å². The van der Waals surface area contributed by atoms with Gasteiger partial charge in [0.25, 0.3) is 0 Å². The number of hydrogen-bond donors (Lipinski definition) is 0. The van der Waals surface area contributed by atoms with Crippen molar-refractivity contribution in [2.45, 2.75) is 93.4 Å². The van der Waals surface area contributed by atoms with Gasteiger partial charge in [-0.2, -0.15) is 0 Å². The molecule has 1 aromatic heterocycles. The van der Waals surface area contributed by atoms with Crippen LogP contribution in [0, 0.1) is 83.1 Å². The van der Waals surface area contributed by atoms with Crippen molar-refractivity contribution in [1.29, 1.82) is 0 Å². The second-order valence-corrected chi connectivity index (χ2v) is 14.2. The van der Waals surface area contributed by atoms with E-state index in [0.29, 0.717) is 0 Å². The SMILES string of the molecule is Cc1c(C)c(C)c2c(c1C)-c1c(C)c(C)c(C)c(C)c1C1(C=CSc3cc4occc4cc31)c1c(C)c(C)c(C)c(C)c1-2. The van der Waals surface area contributed by atoms with E-state index in [9.17, 15) is 0 Å². The van der Waals surface area contributed by atoms with Crippen LogP contribution >= 0.6 is 11.8 Å². The van der Waals surface area contributed by atoms with Crippen molar-refractivity contribution in [1.82, 2.24) is 0 Å². The summed E-state index contributed by atoms with van der Waals surface area (Å²) in [5, 5.41) is 3.51. The summed E-state index contributed by atoms with van der Waals surface area (Å²) >= 11 is 1.82. The molecule has 2 aliphatic rings. The molecule has 0 amide bonds. The van der Waals surface area contributed by atoms with Crippen LogP contribution in [0.3, 0.4) is 0 Å². The number of thioether (sulfide) groups is 1. The monoisotopic (exact) mass is 582 g/mol. The predicted octanol–water partition coefficient (Wildman–Crippen LogP) is 11.7. The first-order chi connectivity index (χ1) is 20.3. The highest BCUT2D eigenvalue weighted by Crippen LogP contribution is 2.62. The fourth-order valence-electron chi connectivity index (χ4n) is 8.43. The van der Waals surface area contributed by atoms with Crippen LogP contribution in [-0.2, 0) is 5.41 Å². The van der Waals surface area contributed by atoms with Crippen LogP contribution in [0.1, 0.15) is 83.5 Å². The molecule has 1 nitrogen and oxygen atoms in total. The Bertz CT molecular complexity index is 2010. The molecule has 1 aliphatic heterocycles. The summed E-state index contributed by atoms with van der Waals surface area (Å²) in [6.07, 6.45) is 4.37. The fourth-order valence-corrected chi connectivity index (χ4v) is 9.37. The molecule has 4 aromatic carbocycles. The molecule has 218 valence electrons. The molecule has 0 atom stereocenters. The van der Waals surface area contributed by atoms with Crippen molar-refractivity contribution in [3.63, 3.8) is 0 Å². The Balaban J connectivity index is 1.89. The molecule has 7 rings (SSSR count). The van der Waals surface area contributed by atoms with Gasteiger partial charge in [-0.05, 0) is 212 Å². The lowest BCUT2D eigenvalue weighted by molar-refractivity contribution is 0.614. The maximum Gasteiger partial charge on any atom is 0.134 e. The maximum absolute atomic E-state index is 5.95. The first kappa shape index (κ1) is 28.3. The number of fused-ring (bicyclic) bond motifs is 10. The van der Waals surface area contributed by atoms with Gasteiger partial charge in [-0.1, -0.05) is 17.8 Å². The van der Waals surface area contributed by atoms with Gasteiger partial charge in [0, 0.05) is 10.3 Å². The summed E-state index contributed by atoms with van der Waals surface area (Å²) in [5.41, 5.74) is 27.3. The van der Waals surface area contributed by atoms with Crippen molar-refractivity contribution in [2.24, 2.45) is 0 Å². The third-order valence-corrected chi connectivity index (χ3v) is 12.7. The Labute approximate surface area is 261 Å². The van der Waals surface area contributed by atoms with Crippen molar-refractivity contribution in [2.75, 3.05) is 0 Å². The Morgan fingerprint density at radius 1 is 0.512 bits per heavy atom. The lowest BCUT2D eigenvalue weighted by Crippen LogP contribution is -2.33. The summed E-state index contributed by atoms with van der Waals surface area (Å²) in [4.78, 5) is 1.28. The van der Waals surface area contributed by atoms with Gasteiger partial charge in [-0.3, -0.25) is 0 Å². The number of rotatable bonds is 0. The van der Waals surface area contributed by atoms with Crippen LogP contribution in [0.4, 0.5) is 0 Å². The van der Waals surface area contributed by atoms with Gasteiger partial charge in [0.2, 0.25) is 0 Å². The van der Waals surface area contributed by atoms with Gasteiger partial charge < -0.3 is 4.42 Å². The first-order valence-corrected chi connectivity index (χ1v) is 16.4. The molecule has 43 heavy (non-hydrogen) atoms. The molecule has 1 aliphatic carbocycles. The Kier molecular flexibility index (Phi) is 6.09. The second-order valence-electron chi connectivity index (χ2n) is 13.3. The van der Waals surface area contributed by atoms with Crippen LogP contribution in [0.5, 0.6) is 0 Å². The van der Waals surface area contributed by atoms with Gasteiger partial charge >= 0.3 is 0 Å². The largest absolute Gasteiger partial charge is 0.464 e. The molecule has 0 unspecified atom stereocenters. The van der Waals surface area contributed by atoms with Crippen molar-refractivity contribution in [3.8, 4) is 22.3 Å². The topological polar surface area (TPSA) is 13.1 Å². The quantitative estimate of drug-likeness (QED) is 0.180. The van der Waals surface area contributed by atoms with E-state index >= 15 is 0 Å². The lowest BCUT2D eigenvalue weighted by Gasteiger charge is -2.41. The molecule has 0 N–H and O–H groups in total. The smallest absolute Gasteiger partial charge is 0.134 e. The lowest BCUT2D eigenvalue weighted by atomic mass is 9.62.